The molecule has 0 fully saturated rings. The van der Waals surface area contributed by atoms with E-state index in [-0.39, 0.29) is 63.3 Å². The maximum absolute atomic E-state index is 13.4. The van der Waals surface area contributed by atoms with Crippen LogP contribution in [0.1, 0.15) is 12.8 Å². The average Bonchev–Trinajstić information content (AvgIpc) is 3.28. The van der Waals surface area contributed by atoms with Crippen molar-refractivity contribution in [2.45, 2.75) is 32.4 Å². The monoisotopic (exact) mass is 1220 g/mol. The molecule has 76 heavy (non-hydrogen) atoms. The minimum atomic E-state index is -5.45. The summed E-state index contributed by atoms with van der Waals surface area (Å²) in [6, 6.07) is 13.0. The third kappa shape index (κ3) is 17.2. The van der Waals surface area contributed by atoms with Crippen LogP contribution < -0.4 is 11.1 Å². The van der Waals surface area contributed by atoms with E-state index in [2.05, 4.69) is 44.4 Å². The predicted molar refractivity (Wildman–Crippen MR) is 268 cm³/mol. The van der Waals surface area contributed by atoms with E-state index in [9.17, 15) is 77.9 Å². The summed E-state index contributed by atoms with van der Waals surface area (Å²) < 4.78 is 216. The first kappa shape index (κ1) is 60.8. The number of carbonyl (C=O) groups is 1. The van der Waals surface area contributed by atoms with E-state index in [4.69, 9.17) is 26.4 Å². The Morgan fingerprint density at radius 1 is 0.553 bits per heavy atom. The number of hydrogen-bond acceptors (Lipinski definition) is 25. The molecule has 0 saturated heterocycles. The molecule has 0 unspecified atom stereocenters. The van der Waals surface area contributed by atoms with Crippen molar-refractivity contribution in [3.05, 3.63) is 78.9 Å². The van der Waals surface area contributed by atoms with Crippen LogP contribution in [0.4, 0.5) is 45.5 Å². The van der Waals surface area contributed by atoms with Crippen LogP contribution >= 0.6 is 11.6 Å². The van der Waals surface area contributed by atoms with Gasteiger partial charge in [-0.3, -0.25) is 23.0 Å². The third-order valence-electron chi connectivity index (χ3n) is 9.72. The van der Waals surface area contributed by atoms with E-state index < -0.39 is 150 Å². The van der Waals surface area contributed by atoms with Gasteiger partial charge in [0.15, 0.2) is 35.3 Å². The number of anilines is 2. The summed E-state index contributed by atoms with van der Waals surface area (Å²) in [5, 5.41) is 36.1. The number of fused-ring (bicyclic) bond motifs is 1. The first-order valence-electron chi connectivity index (χ1n) is 20.5. The van der Waals surface area contributed by atoms with Gasteiger partial charge in [-0.05, 0) is 85.3 Å². The molecule has 5 aromatic carbocycles. The number of nitrogens with zero attached hydrogens (tertiary/aromatic N) is 6. The van der Waals surface area contributed by atoms with Gasteiger partial charge in [-0.1, -0.05) is 0 Å². The van der Waals surface area contributed by atoms with Crippen molar-refractivity contribution in [3.8, 4) is 5.75 Å². The maximum Gasteiger partial charge on any atom is 0.397 e. The van der Waals surface area contributed by atoms with Gasteiger partial charge < -0.3 is 16.2 Å². The Kier molecular flexibility index (Phi) is 19.3. The summed E-state index contributed by atoms with van der Waals surface area (Å²) >= 11 is 5.50. The molecule has 30 nitrogen and oxygen atoms in total. The van der Waals surface area contributed by atoms with Gasteiger partial charge in [0.2, 0.25) is 5.91 Å². The minimum absolute atomic E-state index is 0.000258. The van der Waals surface area contributed by atoms with E-state index in [1.54, 1.807) is 0 Å². The highest BCUT2D eigenvalue weighted by molar-refractivity contribution is 7.92. The Morgan fingerprint density at radius 3 is 1.71 bits per heavy atom. The second-order valence-electron chi connectivity index (χ2n) is 15.2. The number of amides is 1. The summed E-state index contributed by atoms with van der Waals surface area (Å²) in [6.07, 6.45) is -0.453. The first-order chi connectivity index (χ1) is 35.1. The summed E-state index contributed by atoms with van der Waals surface area (Å²) in [6.45, 7) is -1.98. The highest BCUT2D eigenvalue weighted by Crippen LogP contribution is 2.46. The summed E-state index contributed by atoms with van der Waals surface area (Å²) in [5.41, 5.74) is 2.62. The molecule has 38 heteroatoms. The molecule has 0 aliphatic heterocycles. The van der Waals surface area contributed by atoms with Gasteiger partial charge in [-0.25, -0.2) is 33.6 Å². The second-order valence-corrected chi connectivity index (χ2v) is 27.0. The number of hydrogen-bond donors (Lipinski definition) is 7. The van der Waals surface area contributed by atoms with E-state index in [1.807, 2.05) is 0 Å². The smallest absolute Gasteiger partial charge is 0.397 e. The van der Waals surface area contributed by atoms with Gasteiger partial charge >= 0.3 is 20.8 Å². The molecule has 0 aliphatic rings. The van der Waals surface area contributed by atoms with Crippen LogP contribution in [0, 0.1) is 0 Å². The van der Waals surface area contributed by atoms with Crippen molar-refractivity contribution in [3.63, 3.8) is 0 Å². The second kappa shape index (κ2) is 24.1. The molecule has 0 aromatic heterocycles. The Bertz CT molecular complexity index is 4000. The van der Waals surface area contributed by atoms with E-state index in [0.717, 1.165) is 72.8 Å². The lowest BCUT2D eigenvalue weighted by Gasteiger charge is -2.12. The number of nitrogens with two attached hydrogens (primary N) is 1. The van der Waals surface area contributed by atoms with Gasteiger partial charge in [0.25, 0.3) is 20.2 Å². The molecule has 8 N–H and O–H groups in total. The Hall–Kier alpha value is -6.07. The van der Waals surface area contributed by atoms with Crippen molar-refractivity contribution in [2.75, 3.05) is 53.2 Å². The molecule has 0 saturated carbocycles. The van der Waals surface area contributed by atoms with Crippen molar-refractivity contribution in [1.29, 1.82) is 0 Å². The topological polar surface area (TPSA) is 488 Å². The Labute approximate surface area is 437 Å². The third-order valence-corrected chi connectivity index (χ3v) is 18.0. The number of halogens is 1. The molecule has 0 bridgehead atoms. The van der Waals surface area contributed by atoms with E-state index >= 15 is 0 Å². The number of nitrogen functional groups attached to an aromatic ring is 1. The fourth-order valence-electron chi connectivity index (χ4n) is 6.28. The number of alkyl halides is 1. The summed E-state index contributed by atoms with van der Waals surface area (Å²) in [5.74, 6) is -4.60. The van der Waals surface area contributed by atoms with Crippen LogP contribution in [0.5, 0.6) is 5.75 Å². The lowest BCUT2D eigenvalue weighted by Crippen LogP contribution is -2.17. The molecular weight excluding hydrogens is 1180 g/mol. The molecule has 412 valence electrons. The Morgan fingerprint density at radius 2 is 1.12 bits per heavy atom. The number of azo groups is 3. The molecule has 5 aromatic rings. The van der Waals surface area contributed by atoms with Crippen LogP contribution in [-0.2, 0) is 83.7 Å². The number of rotatable bonds is 25. The molecule has 0 radical (unpaired) electrons. The van der Waals surface area contributed by atoms with E-state index in [1.165, 1.54) is 0 Å². The predicted octanol–water partition coefficient (Wildman–Crippen LogP) is 5.43. The molecule has 0 aliphatic carbocycles. The Balaban J connectivity index is 1.52. The summed E-state index contributed by atoms with van der Waals surface area (Å²) in [7, 11) is -32.9. The lowest BCUT2D eigenvalue weighted by atomic mass is 10.1. The van der Waals surface area contributed by atoms with Crippen molar-refractivity contribution < 1.29 is 95.4 Å². The van der Waals surface area contributed by atoms with Crippen LogP contribution in [-0.4, -0.2) is 130 Å². The zero-order valence-electron chi connectivity index (χ0n) is 38.0. The van der Waals surface area contributed by atoms with Gasteiger partial charge in [-0.15, -0.1) is 32.1 Å². The number of benzene rings is 5. The van der Waals surface area contributed by atoms with Gasteiger partial charge in [-0.2, -0.15) is 43.9 Å². The number of nitrogens with one attached hydrogen (secondary N) is 1. The molecule has 0 atom stereocenters. The van der Waals surface area contributed by atoms with Crippen LogP contribution in [0.2, 0.25) is 0 Å². The number of aromatic hydroxyl groups is 1. The fraction of sp³-hybridized carbons (Fsp3) is 0.237. The van der Waals surface area contributed by atoms with E-state index in [0.29, 0.717) is 6.07 Å². The SMILES string of the molecule is Nc1ccc2c(O)c(N=Nc3ccc(N=Nc4ccc(S(=O)(=O)CCOS(=O)(=O)O)cc4)cc3S(=O)(=O)O)c(S(=O)(=O)O)cc2c1N=Nc1cc(NC(=O)CCCS(=O)(=O)CCCl)ccc1S(=O)(=O)CCOS(=O)(=O)O. The fourth-order valence-corrected chi connectivity index (χ4v) is 12.4. The van der Waals surface area contributed by atoms with Crippen LogP contribution in [0.3, 0.4) is 0 Å². The summed E-state index contributed by atoms with van der Waals surface area (Å²) in [4.78, 5) is 9.56. The highest BCUT2D eigenvalue weighted by atomic mass is 35.5. The molecule has 1 amide bonds. The standard InChI is InChI=1S/C38H39ClN8O22S7/c39-13-17-70(50,51)16-1-2-35(48)41-24-6-12-32(72(54,55)19-15-69-76(65,66)67)31(20-24)45-46-36-28-22-34(74(59,60)61)37(38(49)27(28)9-10-29(36)40)47-44-30-11-5-25(21-33(30)73(56,57)58)43-42-23-3-7-26(8-4-23)71(52,53)18-14-68-75(62,63)64/h3-12,20-22,49H,1-2,13-19,40H2,(H,41,48)(H,56,57,58)(H,59,60,61)(H,62,63,64)(H,65,66,67). The molecule has 0 spiro atoms. The molecule has 5 rings (SSSR count). The average molecular weight is 1220 g/mol. The maximum atomic E-state index is 13.4. The number of carbonyl (C=O) groups excluding carboxylic acids is 1. The van der Waals surface area contributed by atoms with Crippen molar-refractivity contribution >= 4 is 144 Å². The number of phenolic OH excluding ortho intramolecular Hbond substituents is 1. The minimum Gasteiger partial charge on any atom is -0.505 e. The van der Waals surface area contributed by atoms with Crippen molar-refractivity contribution in [2.24, 2.45) is 30.7 Å². The molecule has 0 heterocycles. The normalized spacial score (nSPS) is 13.3. The van der Waals surface area contributed by atoms with Gasteiger partial charge in [0, 0.05) is 28.8 Å². The van der Waals surface area contributed by atoms with Crippen LogP contribution in [0.15, 0.2) is 129 Å². The van der Waals surface area contributed by atoms with Crippen molar-refractivity contribution in [1.82, 2.24) is 0 Å². The number of sulfone groups is 3. The van der Waals surface area contributed by atoms with Gasteiger partial charge in [0.05, 0.1) is 63.1 Å². The quantitative estimate of drug-likeness (QED) is 0.0166. The zero-order valence-corrected chi connectivity index (χ0v) is 44.5. The first-order valence-corrected chi connectivity index (χ1v) is 31.8. The van der Waals surface area contributed by atoms with Gasteiger partial charge in [0.1, 0.15) is 32.5 Å². The largest absolute Gasteiger partial charge is 0.505 e. The zero-order chi connectivity index (χ0) is 56.7. The molecular formula is C38H39ClN8O22S7. The number of phenols is 1. The lowest BCUT2D eigenvalue weighted by molar-refractivity contribution is -0.116. The van der Waals surface area contributed by atoms with Crippen LogP contribution in [0.25, 0.3) is 10.8 Å². The highest BCUT2D eigenvalue weighted by Gasteiger charge is 2.26.